The molecule has 0 saturated heterocycles. The number of aromatic nitrogens is 4. The van der Waals surface area contributed by atoms with Crippen molar-refractivity contribution in [1.29, 1.82) is 0 Å². The topological polar surface area (TPSA) is 86.8 Å². The van der Waals surface area contributed by atoms with Gasteiger partial charge >= 0.3 is 0 Å². The Morgan fingerprint density at radius 2 is 1.83 bits per heavy atom. The van der Waals surface area contributed by atoms with Crippen molar-refractivity contribution in [1.82, 2.24) is 19.9 Å². The number of aryl methyl sites for hydroxylation is 1. The zero-order valence-electron chi connectivity index (χ0n) is 14.0. The molecule has 0 fully saturated rings. The number of anilines is 1. The molecule has 3 aromatic rings. The summed E-state index contributed by atoms with van der Waals surface area (Å²) in [7, 11) is 0. The summed E-state index contributed by atoms with van der Waals surface area (Å²) < 4.78 is 5.52. The van der Waals surface area contributed by atoms with E-state index in [9.17, 15) is 0 Å². The van der Waals surface area contributed by atoms with E-state index in [2.05, 4.69) is 51.1 Å². The average Bonchev–Trinajstić information content (AvgIpc) is 2.60. The van der Waals surface area contributed by atoms with Gasteiger partial charge in [-0.25, -0.2) is 9.97 Å². The molecule has 1 aromatic carbocycles. The van der Waals surface area contributed by atoms with E-state index in [0.717, 1.165) is 17.7 Å². The third kappa shape index (κ3) is 3.42. The highest BCUT2D eigenvalue weighted by Crippen LogP contribution is 2.24. The molecule has 6 nitrogen and oxygen atoms in total. The van der Waals surface area contributed by atoms with E-state index >= 15 is 0 Å². The number of hydrogen-bond acceptors (Lipinski definition) is 6. The van der Waals surface area contributed by atoms with Crippen LogP contribution in [0.5, 0.6) is 5.88 Å². The van der Waals surface area contributed by atoms with Crippen LogP contribution in [-0.2, 0) is 6.42 Å². The van der Waals surface area contributed by atoms with Gasteiger partial charge in [0.2, 0.25) is 11.8 Å². The van der Waals surface area contributed by atoms with E-state index in [1.54, 1.807) is 6.20 Å². The van der Waals surface area contributed by atoms with Crippen molar-refractivity contribution in [2.24, 2.45) is 0 Å². The highest BCUT2D eigenvalue weighted by atomic mass is 16.5. The van der Waals surface area contributed by atoms with Crippen molar-refractivity contribution in [2.75, 3.05) is 12.3 Å². The van der Waals surface area contributed by atoms with Gasteiger partial charge in [-0.05, 0) is 25.3 Å². The summed E-state index contributed by atoms with van der Waals surface area (Å²) in [5.41, 5.74) is 9.76. The van der Waals surface area contributed by atoms with E-state index in [1.807, 2.05) is 6.92 Å². The van der Waals surface area contributed by atoms with Crippen LogP contribution in [0.2, 0.25) is 0 Å². The Bertz CT molecular complexity index is 833. The second-order valence-electron chi connectivity index (χ2n) is 5.55. The smallest absolute Gasteiger partial charge is 0.247 e. The SMILES string of the molecule is CCCCc1ccc(-c2cnc3nc(N)nc(OCC)c3n2)cc1. The predicted octanol–water partition coefficient (Wildman–Crippen LogP) is 3.41. The molecule has 0 aliphatic rings. The fourth-order valence-electron chi connectivity index (χ4n) is 2.50. The van der Waals surface area contributed by atoms with Gasteiger partial charge in [-0.2, -0.15) is 9.97 Å². The third-order valence-corrected chi connectivity index (χ3v) is 3.74. The van der Waals surface area contributed by atoms with E-state index in [0.29, 0.717) is 23.7 Å². The lowest BCUT2D eigenvalue weighted by molar-refractivity contribution is 0.330. The second-order valence-corrected chi connectivity index (χ2v) is 5.55. The van der Waals surface area contributed by atoms with Gasteiger partial charge in [-0.15, -0.1) is 0 Å². The molecule has 6 heteroatoms. The molecule has 0 saturated carbocycles. The van der Waals surface area contributed by atoms with Gasteiger partial charge in [0, 0.05) is 5.56 Å². The molecule has 0 aliphatic carbocycles. The van der Waals surface area contributed by atoms with Crippen LogP contribution >= 0.6 is 0 Å². The molecule has 0 amide bonds. The van der Waals surface area contributed by atoms with Gasteiger partial charge in [-0.1, -0.05) is 37.6 Å². The molecule has 3 rings (SSSR count). The maximum atomic E-state index is 5.69. The number of fused-ring (bicyclic) bond motifs is 1. The van der Waals surface area contributed by atoms with E-state index in [-0.39, 0.29) is 5.95 Å². The Morgan fingerprint density at radius 1 is 1.04 bits per heavy atom. The average molecular weight is 323 g/mol. The van der Waals surface area contributed by atoms with Crippen molar-refractivity contribution in [3.05, 3.63) is 36.0 Å². The number of nitrogens with two attached hydrogens (primary N) is 1. The summed E-state index contributed by atoms with van der Waals surface area (Å²) in [5, 5.41) is 0. The van der Waals surface area contributed by atoms with Gasteiger partial charge in [0.15, 0.2) is 11.2 Å². The van der Waals surface area contributed by atoms with Gasteiger partial charge in [0.1, 0.15) is 0 Å². The molecule has 0 radical (unpaired) electrons. The van der Waals surface area contributed by atoms with Crippen LogP contribution in [0.1, 0.15) is 32.3 Å². The first-order valence-corrected chi connectivity index (χ1v) is 8.23. The number of rotatable bonds is 6. The van der Waals surface area contributed by atoms with Gasteiger partial charge in [-0.3, -0.25) is 0 Å². The first kappa shape index (κ1) is 16.1. The van der Waals surface area contributed by atoms with Crippen LogP contribution in [0.4, 0.5) is 5.95 Å². The summed E-state index contributed by atoms with van der Waals surface area (Å²) in [4.78, 5) is 17.2. The summed E-state index contributed by atoms with van der Waals surface area (Å²) in [6.45, 7) is 4.56. The molecular formula is C18H21N5O. The van der Waals surface area contributed by atoms with Crippen molar-refractivity contribution in [2.45, 2.75) is 33.1 Å². The number of hydrogen-bond donors (Lipinski definition) is 1. The molecule has 124 valence electrons. The molecule has 0 aliphatic heterocycles. The third-order valence-electron chi connectivity index (χ3n) is 3.74. The number of benzene rings is 1. The molecule has 2 aromatic heterocycles. The predicted molar refractivity (Wildman–Crippen MR) is 94.8 cm³/mol. The maximum Gasteiger partial charge on any atom is 0.247 e. The van der Waals surface area contributed by atoms with E-state index in [1.165, 1.54) is 18.4 Å². The zero-order valence-corrected chi connectivity index (χ0v) is 14.0. The highest BCUT2D eigenvalue weighted by Gasteiger charge is 2.12. The molecule has 0 atom stereocenters. The van der Waals surface area contributed by atoms with Crippen LogP contribution in [0.3, 0.4) is 0 Å². The standard InChI is InChI=1S/C18H21N5O/c1-3-5-6-12-7-9-13(10-8-12)14-11-20-16-15(21-14)17(24-4-2)23-18(19)22-16/h7-11H,3-6H2,1-2H3,(H2,19,20,22,23). The summed E-state index contributed by atoms with van der Waals surface area (Å²) in [6.07, 6.45) is 5.19. The number of nitrogen functional groups attached to an aromatic ring is 1. The van der Waals surface area contributed by atoms with Crippen LogP contribution in [0, 0.1) is 0 Å². The minimum Gasteiger partial charge on any atom is -0.476 e. The second kappa shape index (κ2) is 7.21. The summed E-state index contributed by atoms with van der Waals surface area (Å²) in [6, 6.07) is 8.41. The lowest BCUT2D eigenvalue weighted by Gasteiger charge is -2.08. The minimum atomic E-state index is 0.133. The molecular weight excluding hydrogens is 302 g/mol. The Kier molecular flexibility index (Phi) is 4.84. The fourth-order valence-corrected chi connectivity index (χ4v) is 2.50. The largest absolute Gasteiger partial charge is 0.476 e. The molecule has 0 spiro atoms. The normalized spacial score (nSPS) is 10.9. The van der Waals surface area contributed by atoms with Crippen molar-refractivity contribution in [3.8, 4) is 17.1 Å². The van der Waals surface area contributed by atoms with E-state index in [4.69, 9.17) is 10.5 Å². The fraction of sp³-hybridized carbons (Fsp3) is 0.333. The lowest BCUT2D eigenvalue weighted by Crippen LogP contribution is -2.04. The van der Waals surface area contributed by atoms with Crippen LogP contribution in [0.25, 0.3) is 22.4 Å². The first-order valence-electron chi connectivity index (χ1n) is 8.23. The van der Waals surface area contributed by atoms with Crippen molar-refractivity contribution >= 4 is 17.1 Å². The lowest BCUT2D eigenvalue weighted by atomic mass is 10.1. The van der Waals surface area contributed by atoms with Crippen molar-refractivity contribution in [3.63, 3.8) is 0 Å². The number of nitrogens with zero attached hydrogens (tertiary/aromatic N) is 4. The Labute approximate surface area is 141 Å². The summed E-state index contributed by atoms with van der Waals surface area (Å²) >= 11 is 0. The van der Waals surface area contributed by atoms with Crippen LogP contribution in [0.15, 0.2) is 30.5 Å². The molecule has 2 heterocycles. The molecule has 0 bridgehead atoms. The van der Waals surface area contributed by atoms with Crippen LogP contribution in [-0.4, -0.2) is 26.5 Å². The maximum absolute atomic E-state index is 5.69. The van der Waals surface area contributed by atoms with Gasteiger partial charge in [0.25, 0.3) is 0 Å². The highest BCUT2D eigenvalue weighted by molar-refractivity contribution is 5.79. The zero-order chi connectivity index (χ0) is 16.9. The Morgan fingerprint density at radius 3 is 2.54 bits per heavy atom. The quantitative estimate of drug-likeness (QED) is 0.748. The van der Waals surface area contributed by atoms with Crippen molar-refractivity contribution < 1.29 is 4.74 Å². The monoisotopic (exact) mass is 323 g/mol. The van der Waals surface area contributed by atoms with E-state index < -0.39 is 0 Å². The minimum absolute atomic E-state index is 0.133. The Hall–Kier alpha value is -2.76. The van der Waals surface area contributed by atoms with Gasteiger partial charge < -0.3 is 10.5 Å². The molecule has 24 heavy (non-hydrogen) atoms. The summed E-state index contributed by atoms with van der Waals surface area (Å²) in [5.74, 6) is 0.502. The Balaban J connectivity index is 1.97. The molecule has 2 N–H and O–H groups in total. The first-order chi connectivity index (χ1) is 11.7. The number of ether oxygens (including phenoxy) is 1. The van der Waals surface area contributed by atoms with Crippen LogP contribution < -0.4 is 10.5 Å². The van der Waals surface area contributed by atoms with Gasteiger partial charge in [0.05, 0.1) is 18.5 Å². The molecule has 0 unspecified atom stereocenters. The number of unbranched alkanes of at least 4 members (excludes halogenated alkanes) is 1.